The van der Waals surface area contributed by atoms with Crippen LogP contribution in [-0.4, -0.2) is 39.2 Å². The molecule has 0 aliphatic heterocycles. The predicted molar refractivity (Wildman–Crippen MR) is 104 cm³/mol. The van der Waals surface area contributed by atoms with Crippen molar-refractivity contribution in [1.82, 2.24) is 0 Å². The van der Waals surface area contributed by atoms with Crippen LogP contribution in [0.4, 0.5) is 11.4 Å². The van der Waals surface area contributed by atoms with E-state index in [0.29, 0.717) is 29.3 Å². The van der Waals surface area contributed by atoms with Crippen molar-refractivity contribution in [1.29, 1.82) is 0 Å². The molecule has 2 aromatic carbocycles. The molecule has 0 spiro atoms. The molecular weight excluding hydrogens is 348 g/mol. The topological polar surface area (TPSA) is 85.9 Å². The molecule has 2 aromatic rings. The second kappa shape index (κ2) is 10.1. The molecule has 144 valence electrons. The van der Waals surface area contributed by atoms with E-state index in [1.54, 1.807) is 63.6 Å². The number of amides is 1. The number of carbonyl (C=O) groups excluding carboxylic acids is 2. The number of anilines is 2. The van der Waals surface area contributed by atoms with Crippen molar-refractivity contribution in [2.24, 2.45) is 0 Å². The van der Waals surface area contributed by atoms with Gasteiger partial charge in [0.1, 0.15) is 11.5 Å². The lowest BCUT2D eigenvalue weighted by molar-refractivity contribution is -0.115. The zero-order valence-electron chi connectivity index (χ0n) is 15.7. The van der Waals surface area contributed by atoms with Crippen molar-refractivity contribution in [3.8, 4) is 11.5 Å². The van der Waals surface area contributed by atoms with Gasteiger partial charge >= 0.3 is 5.97 Å². The van der Waals surface area contributed by atoms with Gasteiger partial charge in [-0.25, -0.2) is 4.79 Å². The van der Waals surface area contributed by atoms with Crippen LogP contribution in [0.3, 0.4) is 0 Å². The fourth-order valence-electron chi connectivity index (χ4n) is 2.45. The van der Waals surface area contributed by atoms with E-state index in [4.69, 9.17) is 14.2 Å². The lowest BCUT2D eigenvalue weighted by atomic mass is 10.1. The van der Waals surface area contributed by atoms with Crippen LogP contribution >= 0.6 is 0 Å². The zero-order chi connectivity index (χ0) is 19.6. The molecule has 0 atom stereocenters. The summed E-state index contributed by atoms with van der Waals surface area (Å²) in [7, 11) is 3.16. The Hall–Kier alpha value is -3.22. The number of nitrogens with one attached hydrogen (secondary N) is 2. The fourth-order valence-corrected chi connectivity index (χ4v) is 2.45. The molecule has 0 radical (unpaired) electrons. The Morgan fingerprint density at radius 1 is 1.00 bits per heavy atom. The Morgan fingerprint density at radius 2 is 1.78 bits per heavy atom. The minimum atomic E-state index is -0.465. The van der Waals surface area contributed by atoms with Crippen LogP contribution in [0.25, 0.3) is 0 Å². The van der Waals surface area contributed by atoms with Gasteiger partial charge in [0.25, 0.3) is 0 Å². The molecule has 0 fully saturated rings. The molecule has 7 nitrogen and oxygen atoms in total. The van der Waals surface area contributed by atoms with E-state index in [9.17, 15) is 9.59 Å². The van der Waals surface area contributed by atoms with Crippen LogP contribution in [-0.2, 0) is 9.53 Å². The van der Waals surface area contributed by atoms with Crippen LogP contribution < -0.4 is 20.1 Å². The number of methoxy groups -OCH3 is 2. The van der Waals surface area contributed by atoms with E-state index in [1.165, 1.54) is 0 Å². The van der Waals surface area contributed by atoms with Gasteiger partial charge < -0.3 is 24.8 Å². The fraction of sp³-hybridized carbons (Fsp3) is 0.300. The van der Waals surface area contributed by atoms with Crippen LogP contribution in [0, 0.1) is 0 Å². The highest BCUT2D eigenvalue weighted by Gasteiger charge is 2.14. The van der Waals surface area contributed by atoms with E-state index >= 15 is 0 Å². The van der Waals surface area contributed by atoms with Gasteiger partial charge in [0, 0.05) is 19.0 Å². The molecule has 0 aliphatic rings. The Labute approximate surface area is 158 Å². The predicted octanol–water partition coefficient (Wildman–Crippen LogP) is 3.32. The summed E-state index contributed by atoms with van der Waals surface area (Å²) in [6.07, 6.45) is 0.206. The standard InChI is InChI=1S/C20H24N2O5/c1-4-27-20(24)15-7-5-6-8-16(15)22-19(23)11-12-21-17-13-14(25-2)9-10-18(17)26-3/h5-10,13,21H,4,11-12H2,1-3H3,(H,22,23). The lowest BCUT2D eigenvalue weighted by Crippen LogP contribution is -2.18. The lowest BCUT2D eigenvalue weighted by Gasteiger charge is -2.13. The third-order valence-electron chi connectivity index (χ3n) is 3.77. The highest BCUT2D eigenvalue weighted by molar-refractivity contribution is 6.01. The number of hydrogen-bond acceptors (Lipinski definition) is 6. The van der Waals surface area contributed by atoms with E-state index in [0.717, 1.165) is 5.69 Å². The quantitative estimate of drug-likeness (QED) is 0.657. The number of hydrogen-bond donors (Lipinski definition) is 2. The largest absolute Gasteiger partial charge is 0.497 e. The Bertz CT molecular complexity index is 792. The molecule has 1 amide bonds. The molecule has 0 saturated carbocycles. The second-order valence-electron chi connectivity index (χ2n) is 5.56. The van der Waals surface area contributed by atoms with Gasteiger partial charge in [0.15, 0.2) is 0 Å². The van der Waals surface area contributed by atoms with Gasteiger partial charge in [-0.05, 0) is 31.2 Å². The number of para-hydroxylation sites is 1. The van der Waals surface area contributed by atoms with Crippen LogP contribution in [0.15, 0.2) is 42.5 Å². The van der Waals surface area contributed by atoms with Crippen molar-refractivity contribution < 1.29 is 23.8 Å². The number of esters is 1. The van der Waals surface area contributed by atoms with Gasteiger partial charge in [-0.2, -0.15) is 0 Å². The summed E-state index contributed by atoms with van der Waals surface area (Å²) < 4.78 is 15.5. The summed E-state index contributed by atoms with van der Waals surface area (Å²) in [5.41, 5.74) is 1.49. The Morgan fingerprint density at radius 3 is 2.48 bits per heavy atom. The molecule has 2 rings (SSSR count). The average molecular weight is 372 g/mol. The maximum Gasteiger partial charge on any atom is 0.340 e. The summed E-state index contributed by atoms with van der Waals surface area (Å²) in [5.74, 6) is 0.656. The van der Waals surface area contributed by atoms with Gasteiger partial charge in [0.2, 0.25) is 5.91 Å². The van der Waals surface area contributed by atoms with Crippen molar-refractivity contribution in [2.45, 2.75) is 13.3 Å². The minimum absolute atomic E-state index is 0.206. The molecule has 0 heterocycles. The smallest absolute Gasteiger partial charge is 0.340 e. The third-order valence-corrected chi connectivity index (χ3v) is 3.77. The SMILES string of the molecule is CCOC(=O)c1ccccc1NC(=O)CCNc1cc(OC)ccc1OC. The summed E-state index contributed by atoms with van der Waals surface area (Å²) >= 11 is 0. The van der Waals surface area contributed by atoms with Gasteiger partial charge in [-0.15, -0.1) is 0 Å². The first-order valence-electron chi connectivity index (χ1n) is 8.61. The van der Waals surface area contributed by atoms with E-state index in [2.05, 4.69) is 10.6 Å². The second-order valence-corrected chi connectivity index (χ2v) is 5.56. The Balaban J connectivity index is 1.95. The number of benzene rings is 2. The highest BCUT2D eigenvalue weighted by atomic mass is 16.5. The molecule has 2 N–H and O–H groups in total. The molecule has 7 heteroatoms. The summed E-state index contributed by atoms with van der Waals surface area (Å²) in [6.45, 7) is 2.39. The summed E-state index contributed by atoms with van der Waals surface area (Å²) in [4.78, 5) is 24.2. The third kappa shape index (κ3) is 5.64. The molecule has 0 bridgehead atoms. The zero-order valence-corrected chi connectivity index (χ0v) is 15.7. The maximum absolute atomic E-state index is 12.3. The number of carbonyl (C=O) groups is 2. The molecule has 0 saturated heterocycles. The maximum atomic E-state index is 12.3. The van der Waals surface area contributed by atoms with Crippen molar-refractivity contribution in [2.75, 3.05) is 38.0 Å². The minimum Gasteiger partial charge on any atom is -0.497 e. The van der Waals surface area contributed by atoms with E-state index < -0.39 is 5.97 Å². The van der Waals surface area contributed by atoms with Crippen molar-refractivity contribution >= 4 is 23.3 Å². The first kappa shape index (κ1) is 20.1. The highest BCUT2D eigenvalue weighted by Crippen LogP contribution is 2.28. The average Bonchev–Trinajstić information content (AvgIpc) is 2.68. The van der Waals surface area contributed by atoms with E-state index in [-0.39, 0.29) is 18.9 Å². The van der Waals surface area contributed by atoms with Gasteiger partial charge in [-0.1, -0.05) is 12.1 Å². The molecule has 27 heavy (non-hydrogen) atoms. The number of ether oxygens (including phenoxy) is 3. The molecule has 0 aromatic heterocycles. The summed E-state index contributed by atoms with van der Waals surface area (Å²) in [6, 6.07) is 12.1. The molecular formula is C20H24N2O5. The van der Waals surface area contributed by atoms with Crippen molar-refractivity contribution in [3.63, 3.8) is 0 Å². The first-order valence-corrected chi connectivity index (χ1v) is 8.61. The Kier molecular flexibility index (Phi) is 7.49. The van der Waals surface area contributed by atoms with Gasteiger partial charge in [0.05, 0.1) is 37.8 Å². The van der Waals surface area contributed by atoms with Crippen LogP contribution in [0.1, 0.15) is 23.7 Å². The van der Waals surface area contributed by atoms with Crippen LogP contribution in [0.2, 0.25) is 0 Å². The monoisotopic (exact) mass is 372 g/mol. The van der Waals surface area contributed by atoms with Crippen molar-refractivity contribution in [3.05, 3.63) is 48.0 Å². The molecule has 0 unspecified atom stereocenters. The van der Waals surface area contributed by atoms with Gasteiger partial charge in [-0.3, -0.25) is 4.79 Å². The number of rotatable bonds is 9. The summed E-state index contributed by atoms with van der Waals surface area (Å²) in [5, 5.41) is 5.91. The van der Waals surface area contributed by atoms with Crippen LogP contribution in [0.5, 0.6) is 11.5 Å². The van der Waals surface area contributed by atoms with E-state index in [1.807, 2.05) is 0 Å². The first-order chi connectivity index (χ1) is 13.1. The molecule has 0 aliphatic carbocycles. The normalized spacial score (nSPS) is 10.0.